The molecule has 7 heteroatoms. The predicted octanol–water partition coefficient (Wildman–Crippen LogP) is 5.48. The van der Waals surface area contributed by atoms with Crippen LogP contribution >= 0.6 is 0 Å². The summed E-state index contributed by atoms with van der Waals surface area (Å²) in [5, 5.41) is 23.0. The van der Waals surface area contributed by atoms with Crippen LogP contribution in [-0.2, 0) is 23.7 Å². The molecule has 4 heterocycles. The number of rotatable bonds is 2. The lowest BCUT2D eigenvalue weighted by Gasteiger charge is -2.51. The Hall–Kier alpha value is -2.03. The summed E-state index contributed by atoms with van der Waals surface area (Å²) in [4.78, 5) is 14.0. The average molecular weight is 569 g/mol. The van der Waals surface area contributed by atoms with Gasteiger partial charge in [-0.2, -0.15) is 0 Å². The summed E-state index contributed by atoms with van der Waals surface area (Å²) >= 11 is 0. The molecule has 0 radical (unpaired) electrons. The first kappa shape index (κ1) is 30.4. The van der Waals surface area contributed by atoms with E-state index < -0.39 is 41.6 Å². The molecule has 41 heavy (non-hydrogen) atoms. The number of hydrogen-bond donors (Lipinski definition) is 2. The summed E-state index contributed by atoms with van der Waals surface area (Å²) in [6.45, 7) is 12.7. The highest BCUT2D eigenvalue weighted by Crippen LogP contribution is 2.47. The third kappa shape index (κ3) is 5.94. The molecule has 10 atom stereocenters. The van der Waals surface area contributed by atoms with Crippen LogP contribution in [0.25, 0.3) is 0 Å². The molecule has 1 aliphatic carbocycles. The lowest BCUT2D eigenvalue weighted by molar-refractivity contribution is -0.340. The zero-order valence-electron chi connectivity index (χ0n) is 25.5. The van der Waals surface area contributed by atoms with Crippen molar-refractivity contribution >= 4 is 5.97 Å². The van der Waals surface area contributed by atoms with Crippen LogP contribution in [0.5, 0.6) is 0 Å². The summed E-state index contributed by atoms with van der Waals surface area (Å²) in [5.41, 5.74) is 1.62. The number of carbonyl (C=O) groups is 1. The molecule has 0 aromatic rings. The van der Waals surface area contributed by atoms with Gasteiger partial charge in [0, 0.05) is 19.3 Å². The second-order valence-corrected chi connectivity index (χ2v) is 13.1. The van der Waals surface area contributed by atoms with Crippen molar-refractivity contribution in [2.75, 3.05) is 6.61 Å². The van der Waals surface area contributed by atoms with Crippen molar-refractivity contribution in [3.63, 3.8) is 0 Å². The van der Waals surface area contributed by atoms with Gasteiger partial charge in [-0.3, -0.25) is 4.79 Å². The van der Waals surface area contributed by atoms with Crippen LogP contribution < -0.4 is 0 Å². The molecule has 0 saturated carbocycles. The summed E-state index contributed by atoms with van der Waals surface area (Å²) in [6, 6.07) is 0. The summed E-state index contributed by atoms with van der Waals surface area (Å²) in [6.07, 6.45) is 13.5. The van der Waals surface area contributed by atoms with Gasteiger partial charge in [0.25, 0.3) is 0 Å². The van der Waals surface area contributed by atoms with Gasteiger partial charge >= 0.3 is 5.97 Å². The molecular formula is C34H48O7. The topological polar surface area (TPSA) is 94.5 Å². The first-order valence-corrected chi connectivity index (χ1v) is 15.4. The lowest BCUT2D eigenvalue weighted by atomic mass is 9.71. The van der Waals surface area contributed by atoms with Crippen LogP contribution in [0.3, 0.4) is 0 Å². The lowest BCUT2D eigenvalue weighted by Crippen LogP contribution is -2.58. The molecule has 2 bridgehead atoms. The van der Waals surface area contributed by atoms with Crippen LogP contribution in [0.4, 0.5) is 0 Å². The van der Waals surface area contributed by atoms with Crippen LogP contribution in [-0.4, -0.2) is 64.7 Å². The van der Waals surface area contributed by atoms with Gasteiger partial charge in [-0.15, -0.1) is 0 Å². The number of ether oxygens (including phenoxy) is 4. The maximum Gasteiger partial charge on any atom is 0.316 e. The normalized spacial score (nSPS) is 47.0. The first-order chi connectivity index (χ1) is 19.5. The Labute approximate surface area is 245 Å². The average Bonchev–Trinajstić information content (AvgIpc) is 3.27. The van der Waals surface area contributed by atoms with Gasteiger partial charge in [-0.05, 0) is 56.6 Å². The molecule has 0 amide bonds. The minimum absolute atomic E-state index is 0.0755. The van der Waals surface area contributed by atoms with Gasteiger partial charge in [0.2, 0.25) is 0 Å². The van der Waals surface area contributed by atoms with Crippen molar-refractivity contribution < 1.29 is 34.0 Å². The number of esters is 1. The van der Waals surface area contributed by atoms with Gasteiger partial charge in [-0.1, -0.05) is 74.8 Å². The zero-order chi connectivity index (χ0) is 29.5. The number of allylic oxidation sites excluding steroid dienone is 6. The molecule has 7 nitrogen and oxygen atoms in total. The Morgan fingerprint density at radius 2 is 1.93 bits per heavy atom. The van der Waals surface area contributed by atoms with E-state index in [1.165, 1.54) is 0 Å². The third-order valence-electron chi connectivity index (χ3n) is 9.92. The molecule has 3 fully saturated rings. The Kier molecular flexibility index (Phi) is 8.85. The van der Waals surface area contributed by atoms with Crippen molar-refractivity contribution in [1.82, 2.24) is 0 Å². The Bertz CT molecular complexity index is 1160. The van der Waals surface area contributed by atoms with Crippen LogP contribution in [0.1, 0.15) is 80.1 Å². The smallest absolute Gasteiger partial charge is 0.316 e. The monoisotopic (exact) mass is 568 g/mol. The van der Waals surface area contributed by atoms with Crippen molar-refractivity contribution in [1.29, 1.82) is 0 Å². The fraction of sp³-hybridized carbons (Fsp3) is 0.676. The molecule has 5 rings (SSSR count). The summed E-state index contributed by atoms with van der Waals surface area (Å²) < 4.78 is 25.8. The fourth-order valence-electron chi connectivity index (χ4n) is 7.35. The molecule has 5 aliphatic rings. The minimum atomic E-state index is -1.70. The Morgan fingerprint density at radius 3 is 2.68 bits per heavy atom. The predicted molar refractivity (Wildman–Crippen MR) is 157 cm³/mol. The van der Waals surface area contributed by atoms with Crippen molar-refractivity contribution in [3.8, 4) is 0 Å². The second kappa shape index (κ2) is 11.9. The number of aliphatic hydroxyl groups excluding tert-OH is 1. The van der Waals surface area contributed by atoms with Gasteiger partial charge in [0.05, 0.1) is 18.8 Å². The summed E-state index contributed by atoms with van der Waals surface area (Å²) in [7, 11) is 0. The molecule has 0 aromatic heterocycles. The van der Waals surface area contributed by atoms with Crippen molar-refractivity contribution in [2.24, 2.45) is 17.8 Å². The van der Waals surface area contributed by atoms with E-state index >= 15 is 0 Å². The molecule has 0 aromatic carbocycles. The number of fused-ring (bicyclic) bond motifs is 2. The van der Waals surface area contributed by atoms with E-state index in [0.29, 0.717) is 42.2 Å². The van der Waals surface area contributed by atoms with E-state index in [1.807, 2.05) is 19.1 Å². The molecule has 4 aliphatic heterocycles. The maximum atomic E-state index is 14.0. The molecule has 1 spiro atoms. The van der Waals surface area contributed by atoms with Crippen LogP contribution in [0.15, 0.2) is 58.7 Å². The van der Waals surface area contributed by atoms with E-state index in [4.69, 9.17) is 18.9 Å². The van der Waals surface area contributed by atoms with E-state index in [9.17, 15) is 15.0 Å². The van der Waals surface area contributed by atoms with E-state index in [2.05, 4.69) is 39.8 Å². The Morgan fingerprint density at radius 1 is 1.15 bits per heavy atom. The quantitative estimate of drug-likeness (QED) is 0.337. The molecule has 0 unspecified atom stereocenters. The second-order valence-electron chi connectivity index (χ2n) is 13.1. The van der Waals surface area contributed by atoms with Gasteiger partial charge in [-0.25, -0.2) is 0 Å². The van der Waals surface area contributed by atoms with Gasteiger partial charge < -0.3 is 29.2 Å². The fourth-order valence-corrected chi connectivity index (χ4v) is 7.35. The number of hydrogen-bond acceptors (Lipinski definition) is 7. The maximum absolute atomic E-state index is 14.0. The molecular weight excluding hydrogens is 520 g/mol. The zero-order valence-corrected chi connectivity index (χ0v) is 25.5. The molecule has 3 saturated heterocycles. The first-order valence-electron chi connectivity index (χ1n) is 15.4. The minimum Gasteiger partial charge on any atom is -0.462 e. The number of carbonyl (C=O) groups excluding carboxylic acids is 1. The van der Waals surface area contributed by atoms with Crippen molar-refractivity contribution in [2.45, 2.75) is 122 Å². The molecule has 226 valence electrons. The van der Waals surface area contributed by atoms with Crippen LogP contribution in [0, 0.1) is 17.8 Å². The van der Waals surface area contributed by atoms with E-state index in [0.717, 1.165) is 30.4 Å². The SMILES string of the molecule is CC[C@H](C)[C@H]1O[C@]2(CC[C@@H]1C)C[C@@H]1C[C@@H](C/C=C(C)/C=C(C)\C=C\C=C3/CO[C@@H]4[C@H](O)C(C)=C[C@@H](C(=O)O1)[C@]34O)O2. The number of aliphatic hydroxyl groups is 2. The largest absolute Gasteiger partial charge is 0.462 e. The molecule has 2 N–H and O–H groups in total. The van der Waals surface area contributed by atoms with Gasteiger partial charge in [0.15, 0.2) is 5.79 Å². The third-order valence-corrected chi connectivity index (χ3v) is 9.92. The Balaban J connectivity index is 1.53. The highest BCUT2D eigenvalue weighted by molar-refractivity contribution is 5.78. The highest BCUT2D eigenvalue weighted by atomic mass is 16.7. The summed E-state index contributed by atoms with van der Waals surface area (Å²) in [5.74, 6) is -1.51. The van der Waals surface area contributed by atoms with Gasteiger partial charge in [0.1, 0.15) is 29.8 Å². The van der Waals surface area contributed by atoms with Crippen LogP contribution in [0.2, 0.25) is 0 Å². The standard InChI is InChI=1S/C34H48O7/c1-7-22(4)30-23(5)13-14-33(41-30)18-27-17-26(40-33)12-11-21(3)15-20(2)9-8-10-25-19-38-31-29(35)24(6)16-28(32(36)39-27)34(25,31)37/h8-11,15-16,22-23,26-31,35,37H,7,12-14,17-19H2,1-6H3/b9-8+,20-15-,21-11+,25-10+/t22-,23-,26+,27-,28-,29+,30+,31+,33+,34+/m0/s1. The van der Waals surface area contributed by atoms with Crippen molar-refractivity contribution in [3.05, 3.63) is 58.7 Å². The van der Waals surface area contributed by atoms with E-state index in [1.54, 1.807) is 19.1 Å². The highest BCUT2D eigenvalue weighted by Gasteiger charge is 2.60. The van der Waals surface area contributed by atoms with E-state index in [-0.39, 0.29) is 18.8 Å².